The van der Waals surface area contributed by atoms with Gasteiger partial charge >= 0.3 is 24.4 Å². The Labute approximate surface area is 350 Å². The van der Waals surface area contributed by atoms with Crippen LogP contribution in [-0.2, 0) is 31.9 Å². The first-order valence-electron chi connectivity index (χ1n) is 19.7. The maximum Gasteiger partial charge on any atom is 0.437 e. The zero-order chi connectivity index (χ0) is 44.8. The predicted octanol–water partition coefficient (Wildman–Crippen LogP) is 8.16. The van der Waals surface area contributed by atoms with Gasteiger partial charge in [-0.05, 0) is 137 Å². The van der Waals surface area contributed by atoms with E-state index in [9.17, 15) is 24.0 Å². The molecule has 0 fully saturated rings. The largest absolute Gasteiger partial charge is 0.444 e. The van der Waals surface area contributed by atoms with Gasteiger partial charge in [0.1, 0.15) is 28.2 Å². The summed E-state index contributed by atoms with van der Waals surface area (Å²) >= 11 is 0. The average molecular weight is 836 g/mol. The Kier molecular flexibility index (Phi) is 14.4. The molecular formula is C43H58FN7O9. The van der Waals surface area contributed by atoms with E-state index in [1.54, 1.807) is 111 Å². The first-order chi connectivity index (χ1) is 27.6. The lowest BCUT2D eigenvalue weighted by molar-refractivity contribution is 0.0535. The number of ether oxygens (including phenoxy) is 4. The molecule has 5 amide bonds. The molecule has 0 atom stereocenters. The highest BCUT2D eigenvalue weighted by molar-refractivity contribution is 6.05. The van der Waals surface area contributed by atoms with Crippen LogP contribution < -0.4 is 16.0 Å². The Hall–Kier alpha value is -6.00. The minimum Gasteiger partial charge on any atom is -0.444 e. The zero-order valence-electron chi connectivity index (χ0n) is 36.6. The van der Waals surface area contributed by atoms with E-state index in [2.05, 4.69) is 25.9 Å². The number of guanidine groups is 2. The number of hydrogen-bond donors (Lipinski definition) is 3. The molecule has 2 heterocycles. The van der Waals surface area contributed by atoms with E-state index in [0.29, 0.717) is 36.2 Å². The second kappa shape index (κ2) is 18.5. The number of nitrogens with one attached hydrogen (secondary N) is 3. The van der Waals surface area contributed by atoms with Gasteiger partial charge < -0.3 is 34.1 Å². The van der Waals surface area contributed by atoms with Crippen LogP contribution in [0.3, 0.4) is 0 Å². The topological polar surface area (TPSA) is 190 Å². The molecule has 0 unspecified atom stereocenters. The van der Waals surface area contributed by atoms with Crippen LogP contribution in [0.1, 0.15) is 117 Å². The van der Waals surface area contributed by atoms with Crippen molar-refractivity contribution in [2.75, 3.05) is 25.0 Å². The van der Waals surface area contributed by atoms with Gasteiger partial charge in [0.15, 0.2) is 0 Å². The van der Waals surface area contributed by atoms with Crippen molar-refractivity contribution in [1.29, 1.82) is 0 Å². The highest BCUT2D eigenvalue weighted by Gasteiger charge is 2.28. The Bertz CT molecular complexity index is 2070. The fraction of sp³-hybridized carbons (Fsp3) is 0.512. The monoisotopic (exact) mass is 835 g/mol. The third-order valence-electron chi connectivity index (χ3n) is 8.27. The van der Waals surface area contributed by atoms with Crippen LogP contribution in [0.25, 0.3) is 5.57 Å². The summed E-state index contributed by atoms with van der Waals surface area (Å²) in [7, 11) is 0. The maximum absolute atomic E-state index is 15.7. The molecule has 16 nitrogen and oxygen atoms in total. The van der Waals surface area contributed by atoms with Crippen LogP contribution in [0.5, 0.6) is 0 Å². The molecule has 0 saturated carbocycles. The molecule has 17 heteroatoms. The normalized spacial score (nSPS) is 15.2. The fourth-order valence-electron chi connectivity index (χ4n) is 5.93. The van der Waals surface area contributed by atoms with Crippen LogP contribution in [0.2, 0.25) is 0 Å². The number of halogens is 1. The van der Waals surface area contributed by atoms with Gasteiger partial charge in [0, 0.05) is 43.0 Å². The number of fused-ring (bicyclic) bond motifs is 1. The van der Waals surface area contributed by atoms with E-state index in [1.165, 1.54) is 18.2 Å². The van der Waals surface area contributed by atoms with Crippen molar-refractivity contribution in [1.82, 2.24) is 20.4 Å². The van der Waals surface area contributed by atoms with Gasteiger partial charge in [-0.3, -0.25) is 15.4 Å². The molecule has 326 valence electrons. The van der Waals surface area contributed by atoms with E-state index >= 15 is 4.39 Å². The van der Waals surface area contributed by atoms with Gasteiger partial charge in [-0.2, -0.15) is 0 Å². The number of alkyl carbamates (subject to hydrolysis) is 2. The highest BCUT2D eigenvalue weighted by Crippen LogP contribution is 2.28. The smallest absolute Gasteiger partial charge is 0.437 e. The number of hydrogen-bond acceptors (Lipinski definition) is 9. The molecule has 0 aliphatic carbocycles. The van der Waals surface area contributed by atoms with Crippen molar-refractivity contribution in [3.8, 4) is 0 Å². The molecule has 4 rings (SSSR count). The van der Waals surface area contributed by atoms with E-state index in [4.69, 9.17) is 18.9 Å². The van der Waals surface area contributed by atoms with Crippen molar-refractivity contribution in [3.05, 3.63) is 70.5 Å². The summed E-state index contributed by atoms with van der Waals surface area (Å²) in [5.74, 6) is -1.25. The minimum atomic E-state index is -0.896. The minimum absolute atomic E-state index is 0.0400. The van der Waals surface area contributed by atoms with Crippen molar-refractivity contribution >= 4 is 53.5 Å². The number of benzene rings is 2. The molecule has 0 saturated heterocycles. The van der Waals surface area contributed by atoms with Crippen molar-refractivity contribution in [2.45, 2.75) is 125 Å². The number of carbonyl (C=O) groups excluding carboxylic acids is 5. The second-order valence-corrected chi connectivity index (χ2v) is 18.3. The fourth-order valence-corrected chi connectivity index (χ4v) is 5.93. The van der Waals surface area contributed by atoms with Gasteiger partial charge in [-0.25, -0.2) is 23.6 Å². The highest BCUT2D eigenvalue weighted by atomic mass is 19.1. The van der Waals surface area contributed by atoms with Crippen LogP contribution in [0.4, 0.5) is 29.3 Å². The molecular weight excluding hydrogens is 778 g/mol. The van der Waals surface area contributed by atoms with E-state index in [1.807, 2.05) is 6.07 Å². The van der Waals surface area contributed by atoms with E-state index in [-0.39, 0.29) is 37.1 Å². The lowest BCUT2D eigenvalue weighted by Gasteiger charge is -2.32. The van der Waals surface area contributed by atoms with Gasteiger partial charge in [0.25, 0.3) is 5.91 Å². The summed E-state index contributed by atoms with van der Waals surface area (Å²) in [6, 6.07) is 9.64. The summed E-state index contributed by atoms with van der Waals surface area (Å²) in [5, 5.41) is 7.96. The number of nitrogens with zero attached hydrogens (tertiary/aromatic N) is 4. The van der Waals surface area contributed by atoms with Gasteiger partial charge in [0.05, 0.1) is 0 Å². The molecule has 2 aromatic rings. The molecule has 2 aliphatic rings. The first-order valence-corrected chi connectivity index (χ1v) is 19.7. The number of amides is 5. The zero-order valence-corrected chi connectivity index (χ0v) is 36.6. The van der Waals surface area contributed by atoms with Crippen LogP contribution in [0.15, 0.2) is 52.5 Å². The summed E-state index contributed by atoms with van der Waals surface area (Å²) in [6.07, 6.45) is -0.738. The third-order valence-corrected chi connectivity index (χ3v) is 8.27. The lowest BCUT2D eigenvalue weighted by Crippen LogP contribution is -2.48. The number of rotatable bonds is 3. The number of anilines is 1. The second-order valence-electron chi connectivity index (χ2n) is 18.3. The summed E-state index contributed by atoms with van der Waals surface area (Å²) in [4.78, 5) is 75.4. The summed E-state index contributed by atoms with van der Waals surface area (Å²) in [5.41, 5.74) is 0.0982. The van der Waals surface area contributed by atoms with Gasteiger partial charge in [-0.15, -0.1) is 9.98 Å². The van der Waals surface area contributed by atoms with Crippen molar-refractivity contribution < 1.29 is 47.3 Å². The van der Waals surface area contributed by atoms with Gasteiger partial charge in [-0.1, -0.05) is 18.2 Å². The molecule has 2 aromatic carbocycles. The third kappa shape index (κ3) is 15.0. The van der Waals surface area contributed by atoms with Crippen molar-refractivity contribution in [2.24, 2.45) is 9.98 Å². The molecule has 3 N–H and O–H groups in total. The van der Waals surface area contributed by atoms with E-state index < -0.39 is 58.5 Å². The van der Waals surface area contributed by atoms with Gasteiger partial charge in [0.2, 0.25) is 11.9 Å². The Morgan fingerprint density at radius 2 is 1.15 bits per heavy atom. The van der Waals surface area contributed by atoms with Crippen LogP contribution >= 0.6 is 0 Å². The van der Waals surface area contributed by atoms with Crippen LogP contribution in [-0.4, -0.2) is 94.0 Å². The SMILES string of the molecule is CC(C)(C)OC(=O)N=C(NC(=O)OC(C)(C)C)N1CC=C(c2ccc(C(=O)Nc3ccc4c(c3)CN(C(=NC(=O)OC(C)(C)C)NC(=O)OC(C)(C)C)CC4)cc2F)CC1. The summed E-state index contributed by atoms with van der Waals surface area (Å²) < 4.78 is 37.1. The summed E-state index contributed by atoms with van der Waals surface area (Å²) in [6.45, 7) is 21.6. The van der Waals surface area contributed by atoms with E-state index in [0.717, 1.165) is 11.1 Å². The maximum atomic E-state index is 15.7. The average Bonchev–Trinajstić information content (AvgIpc) is 3.07. The number of carbonyl (C=O) groups is 5. The predicted molar refractivity (Wildman–Crippen MR) is 225 cm³/mol. The van der Waals surface area contributed by atoms with Crippen LogP contribution in [0, 0.1) is 5.82 Å². The lowest BCUT2D eigenvalue weighted by atomic mass is 9.97. The molecule has 0 radical (unpaired) electrons. The standard InChI is InChI=1S/C43H58FN7O9/c1-40(2,3)57-36(53)46-34(47-37(54)58-41(4,5)6)50-20-18-27(19-21-50)31-16-14-28(24-32(31)44)33(52)45-30-15-13-26-17-22-51(25-29(26)23-30)35(48-38(55)59-42(7,8)9)49-39(56)60-43(10,11)12/h13-16,18,23-24H,17,19-22,25H2,1-12H3,(H,45,52)(H,46,47,53,54)(H,48,49,55,56). The molecule has 2 aliphatic heterocycles. The molecule has 0 aromatic heterocycles. The Morgan fingerprint density at radius 3 is 1.63 bits per heavy atom. The Morgan fingerprint density at radius 1 is 0.633 bits per heavy atom. The number of aliphatic imine (C=N–C) groups is 2. The molecule has 0 bridgehead atoms. The Balaban J connectivity index is 1.47. The quantitative estimate of drug-likeness (QED) is 0.154. The van der Waals surface area contributed by atoms with Crippen molar-refractivity contribution in [3.63, 3.8) is 0 Å². The first kappa shape index (κ1) is 46.7. The molecule has 0 spiro atoms. The molecule has 60 heavy (non-hydrogen) atoms.